The van der Waals surface area contributed by atoms with Gasteiger partial charge in [-0.3, -0.25) is 14.6 Å². The van der Waals surface area contributed by atoms with E-state index in [0.717, 1.165) is 0 Å². The van der Waals surface area contributed by atoms with Gasteiger partial charge in [-0.15, -0.1) is 0 Å². The van der Waals surface area contributed by atoms with Gasteiger partial charge in [-0.25, -0.2) is 9.97 Å². The zero-order valence-electron chi connectivity index (χ0n) is 9.94. The first-order valence-electron chi connectivity index (χ1n) is 5.25. The molecule has 0 aliphatic heterocycles. The second-order valence-electron chi connectivity index (χ2n) is 2.78. The van der Waals surface area contributed by atoms with Crippen LogP contribution in [0.2, 0.25) is 0 Å². The van der Waals surface area contributed by atoms with Crippen LogP contribution in [0.5, 0.6) is 0 Å². The lowest BCUT2D eigenvalue weighted by molar-refractivity contribution is 0.643. The maximum absolute atomic E-state index is 11.6. The molecule has 0 bridgehead atoms. The number of rotatable bonds is 2. The molecule has 0 amide bonds. The summed E-state index contributed by atoms with van der Waals surface area (Å²) in [6, 6.07) is 0. The highest BCUT2D eigenvalue weighted by atomic mass is 32.2. The smallest absolute Gasteiger partial charge is 0.277 e. The van der Waals surface area contributed by atoms with Crippen LogP contribution in [0.25, 0.3) is 11.0 Å². The fourth-order valence-electron chi connectivity index (χ4n) is 1.25. The summed E-state index contributed by atoms with van der Waals surface area (Å²) in [5.74, 6) is 0. The van der Waals surface area contributed by atoms with Gasteiger partial charge in [0.1, 0.15) is 5.39 Å². The van der Waals surface area contributed by atoms with E-state index in [1.165, 1.54) is 16.4 Å². The average molecular weight is 240 g/mol. The van der Waals surface area contributed by atoms with Gasteiger partial charge in [-0.05, 0) is 13.2 Å². The highest BCUT2D eigenvalue weighted by molar-refractivity contribution is 7.98. The number of hydrogen-bond donors (Lipinski definition) is 1. The average Bonchev–Trinajstić information content (AvgIpc) is 2.68. The molecule has 6 heteroatoms. The van der Waals surface area contributed by atoms with Gasteiger partial charge in [0.2, 0.25) is 0 Å². The van der Waals surface area contributed by atoms with Crippen LogP contribution < -0.4 is 5.56 Å². The number of nitrogens with zero attached hydrogens (tertiary/aromatic N) is 3. The monoisotopic (exact) mass is 240 g/mol. The summed E-state index contributed by atoms with van der Waals surface area (Å²) in [7, 11) is 0. The molecule has 88 valence electrons. The molecule has 0 spiro atoms. The highest BCUT2D eigenvalue weighted by Gasteiger charge is 2.07. The minimum absolute atomic E-state index is 0.0600. The number of thioether (sulfide) groups is 1. The SMILES string of the molecule is CC.CCn1[nH]c2nc(SC)ncc2c1=O. The van der Waals surface area contributed by atoms with Gasteiger partial charge >= 0.3 is 0 Å². The van der Waals surface area contributed by atoms with Crippen LogP contribution in [-0.4, -0.2) is 26.0 Å². The molecular formula is C10H16N4OS. The summed E-state index contributed by atoms with van der Waals surface area (Å²) < 4.78 is 1.52. The van der Waals surface area contributed by atoms with E-state index in [1.807, 2.05) is 27.0 Å². The third kappa shape index (κ3) is 2.27. The van der Waals surface area contributed by atoms with Gasteiger partial charge < -0.3 is 0 Å². The van der Waals surface area contributed by atoms with Crippen LogP contribution in [-0.2, 0) is 6.54 Å². The molecule has 0 aliphatic rings. The first-order chi connectivity index (χ1) is 7.76. The fraction of sp³-hybridized carbons (Fsp3) is 0.500. The Labute approximate surface area is 98.3 Å². The van der Waals surface area contributed by atoms with Crippen LogP contribution in [0.4, 0.5) is 0 Å². The van der Waals surface area contributed by atoms with Crippen LogP contribution in [0.3, 0.4) is 0 Å². The zero-order valence-corrected chi connectivity index (χ0v) is 10.8. The van der Waals surface area contributed by atoms with E-state index in [4.69, 9.17) is 0 Å². The van der Waals surface area contributed by atoms with Gasteiger partial charge in [0, 0.05) is 12.7 Å². The van der Waals surface area contributed by atoms with E-state index in [-0.39, 0.29) is 5.56 Å². The van der Waals surface area contributed by atoms with Crippen molar-refractivity contribution in [1.29, 1.82) is 0 Å². The molecule has 0 aliphatic carbocycles. The van der Waals surface area contributed by atoms with Crippen molar-refractivity contribution in [3.05, 3.63) is 16.6 Å². The standard InChI is InChI=1S/C8H10N4OS.C2H6/c1-3-12-7(13)5-4-9-8(14-2)10-6(5)11-12;1-2/h4H,3H2,1-2H3,(H,9,10,11);1-2H3. The summed E-state index contributed by atoms with van der Waals surface area (Å²) in [6.45, 7) is 6.52. The summed E-state index contributed by atoms with van der Waals surface area (Å²) in [5.41, 5.74) is 0.548. The molecule has 0 aromatic carbocycles. The molecule has 2 rings (SSSR count). The van der Waals surface area contributed by atoms with Crippen LogP contribution in [0.15, 0.2) is 16.1 Å². The van der Waals surface area contributed by atoms with E-state index in [2.05, 4.69) is 15.1 Å². The zero-order chi connectivity index (χ0) is 12.1. The van der Waals surface area contributed by atoms with Crippen molar-refractivity contribution in [1.82, 2.24) is 19.7 Å². The number of aromatic nitrogens is 4. The largest absolute Gasteiger partial charge is 0.278 e. The highest BCUT2D eigenvalue weighted by Crippen LogP contribution is 2.10. The van der Waals surface area contributed by atoms with Crippen molar-refractivity contribution in [2.75, 3.05) is 6.26 Å². The Bertz CT molecular complexity index is 517. The predicted molar refractivity (Wildman–Crippen MR) is 67.0 cm³/mol. The number of H-pyrrole nitrogens is 1. The molecule has 2 aromatic rings. The minimum Gasteiger partial charge on any atom is -0.278 e. The summed E-state index contributed by atoms with van der Waals surface area (Å²) in [5, 5.41) is 4.14. The van der Waals surface area contributed by atoms with Crippen LogP contribution in [0.1, 0.15) is 20.8 Å². The molecule has 0 atom stereocenters. The molecule has 0 saturated heterocycles. The van der Waals surface area contributed by atoms with Gasteiger partial charge in [-0.2, -0.15) is 0 Å². The lowest BCUT2D eigenvalue weighted by Gasteiger charge is -1.92. The third-order valence-corrected chi connectivity index (χ3v) is 2.54. The number of aryl methyl sites for hydroxylation is 1. The molecule has 16 heavy (non-hydrogen) atoms. The van der Waals surface area contributed by atoms with E-state index in [9.17, 15) is 4.79 Å². The lowest BCUT2D eigenvalue weighted by atomic mass is 10.4. The number of hydrogen-bond acceptors (Lipinski definition) is 4. The molecule has 0 unspecified atom stereocenters. The van der Waals surface area contributed by atoms with Gasteiger partial charge in [0.25, 0.3) is 5.56 Å². The van der Waals surface area contributed by atoms with E-state index in [0.29, 0.717) is 22.7 Å². The van der Waals surface area contributed by atoms with Crippen LogP contribution in [0, 0.1) is 0 Å². The Morgan fingerprint density at radius 1 is 1.50 bits per heavy atom. The van der Waals surface area contributed by atoms with E-state index in [1.54, 1.807) is 6.20 Å². The lowest BCUT2D eigenvalue weighted by Crippen LogP contribution is -2.14. The van der Waals surface area contributed by atoms with Gasteiger partial charge in [0.15, 0.2) is 10.8 Å². The predicted octanol–water partition coefficient (Wildman–Crippen LogP) is 1.89. The summed E-state index contributed by atoms with van der Waals surface area (Å²) in [6.07, 6.45) is 3.47. The molecule has 2 aromatic heterocycles. The molecule has 0 radical (unpaired) electrons. The summed E-state index contributed by atoms with van der Waals surface area (Å²) >= 11 is 1.45. The quantitative estimate of drug-likeness (QED) is 0.643. The molecule has 5 nitrogen and oxygen atoms in total. The molecule has 1 N–H and O–H groups in total. The Kier molecular flexibility index (Phi) is 4.54. The Hall–Kier alpha value is -1.30. The molecular weight excluding hydrogens is 224 g/mol. The third-order valence-electron chi connectivity index (χ3n) is 1.98. The second kappa shape index (κ2) is 5.69. The topological polar surface area (TPSA) is 63.6 Å². The molecule has 0 fully saturated rings. The van der Waals surface area contributed by atoms with E-state index >= 15 is 0 Å². The summed E-state index contributed by atoms with van der Waals surface area (Å²) in [4.78, 5) is 19.9. The normalized spacial score (nSPS) is 10.0. The van der Waals surface area contributed by atoms with Gasteiger partial charge in [0.05, 0.1) is 0 Å². The van der Waals surface area contributed by atoms with Crippen molar-refractivity contribution in [3.63, 3.8) is 0 Å². The Balaban J connectivity index is 0.000000606. The van der Waals surface area contributed by atoms with Crippen molar-refractivity contribution < 1.29 is 0 Å². The maximum atomic E-state index is 11.6. The second-order valence-corrected chi connectivity index (χ2v) is 3.55. The number of aromatic amines is 1. The van der Waals surface area contributed by atoms with Crippen LogP contribution >= 0.6 is 11.8 Å². The Morgan fingerprint density at radius 2 is 2.19 bits per heavy atom. The molecule has 2 heterocycles. The minimum atomic E-state index is -0.0600. The van der Waals surface area contributed by atoms with Gasteiger partial charge in [-0.1, -0.05) is 25.6 Å². The Morgan fingerprint density at radius 3 is 2.75 bits per heavy atom. The first kappa shape index (κ1) is 12.8. The van der Waals surface area contributed by atoms with Crippen molar-refractivity contribution >= 4 is 22.8 Å². The number of nitrogens with one attached hydrogen (secondary N) is 1. The molecule has 0 saturated carbocycles. The fourth-order valence-corrected chi connectivity index (χ4v) is 1.59. The maximum Gasteiger partial charge on any atom is 0.277 e. The van der Waals surface area contributed by atoms with E-state index < -0.39 is 0 Å². The van der Waals surface area contributed by atoms with Crippen molar-refractivity contribution in [2.24, 2.45) is 0 Å². The van der Waals surface area contributed by atoms with Crippen molar-refractivity contribution in [2.45, 2.75) is 32.5 Å². The first-order valence-corrected chi connectivity index (χ1v) is 6.48. The van der Waals surface area contributed by atoms with Crippen molar-refractivity contribution in [3.8, 4) is 0 Å². The number of fused-ring (bicyclic) bond motifs is 1.